The highest BCUT2D eigenvalue weighted by molar-refractivity contribution is 5.66. The van der Waals surface area contributed by atoms with E-state index in [0.717, 1.165) is 25.9 Å². The van der Waals surface area contributed by atoms with Crippen molar-refractivity contribution < 1.29 is 9.90 Å². The summed E-state index contributed by atoms with van der Waals surface area (Å²) in [4.78, 5) is 13.1. The second-order valence-electron chi connectivity index (χ2n) is 6.15. The molecule has 0 saturated heterocycles. The molecule has 0 aromatic heterocycles. The van der Waals surface area contributed by atoms with Crippen molar-refractivity contribution >= 4 is 11.7 Å². The van der Waals surface area contributed by atoms with Crippen molar-refractivity contribution in [3.05, 3.63) is 29.3 Å². The summed E-state index contributed by atoms with van der Waals surface area (Å²) in [7, 11) is 0. The Morgan fingerprint density at radius 3 is 2.90 bits per heavy atom. The van der Waals surface area contributed by atoms with Gasteiger partial charge in [-0.15, -0.1) is 0 Å². The summed E-state index contributed by atoms with van der Waals surface area (Å²) in [5, 5.41) is 8.72. The van der Waals surface area contributed by atoms with E-state index in [9.17, 15) is 4.79 Å². The summed E-state index contributed by atoms with van der Waals surface area (Å²) in [6.45, 7) is 6.76. The number of carboxylic acids is 1. The largest absolute Gasteiger partial charge is 0.481 e. The van der Waals surface area contributed by atoms with Crippen LogP contribution >= 0.6 is 0 Å². The highest BCUT2D eigenvalue weighted by Gasteiger charge is 2.17. The standard InChI is InChI=1S/C17H25NO2/c1-13(2)12-18-10-4-6-15-9-8-14(11-16(15)18)5-3-7-17(19)20/h8-9,11,13H,3-7,10,12H2,1-2H3,(H,19,20). The summed E-state index contributed by atoms with van der Waals surface area (Å²) >= 11 is 0. The number of fused-ring (bicyclic) bond motifs is 1. The molecule has 0 bridgehead atoms. The van der Waals surface area contributed by atoms with E-state index in [1.807, 2.05) is 0 Å². The molecule has 1 aromatic rings. The van der Waals surface area contributed by atoms with Crippen LogP contribution in [0.25, 0.3) is 0 Å². The lowest BCUT2D eigenvalue weighted by molar-refractivity contribution is -0.137. The van der Waals surface area contributed by atoms with Crippen molar-refractivity contribution in [1.82, 2.24) is 0 Å². The van der Waals surface area contributed by atoms with Gasteiger partial charge in [-0.25, -0.2) is 0 Å². The minimum Gasteiger partial charge on any atom is -0.481 e. The fraction of sp³-hybridized carbons (Fsp3) is 0.588. The summed E-state index contributed by atoms with van der Waals surface area (Å²) in [5.74, 6) is -0.0407. The zero-order chi connectivity index (χ0) is 14.5. The highest BCUT2D eigenvalue weighted by Crippen LogP contribution is 2.29. The molecule has 1 aromatic carbocycles. The molecule has 1 aliphatic heterocycles. The van der Waals surface area contributed by atoms with E-state index in [-0.39, 0.29) is 6.42 Å². The quantitative estimate of drug-likeness (QED) is 0.863. The normalized spacial score (nSPS) is 14.4. The molecule has 0 atom stereocenters. The van der Waals surface area contributed by atoms with E-state index in [1.165, 1.54) is 29.7 Å². The molecule has 0 spiro atoms. The van der Waals surface area contributed by atoms with Gasteiger partial charge in [0.05, 0.1) is 0 Å². The zero-order valence-corrected chi connectivity index (χ0v) is 12.6. The average molecular weight is 275 g/mol. The Morgan fingerprint density at radius 2 is 2.20 bits per heavy atom. The van der Waals surface area contributed by atoms with Gasteiger partial charge in [-0.2, -0.15) is 0 Å². The molecular weight excluding hydrogens is 250 g/mol. The lowest BCUT2D eigenvalue weighted by Crippen LogP contribution is -2.32. The molecule has 3 heteroatoms. The maximum absolute atomic E-state index is 10.6. The van der Waals surface area contributed by atoms with Crippen LogP contribution in [0.1, 0.15) is 44.2 Å². The Bertz CT molecular complexity index is 468. The van der Waals surface area contributed by atoms with Gasteiger partial charge in [0.2, 0.25) is 0 Å². The van der Waals surface area contributed by atoms with E-state index in [0.29, 0.717) is 5.92 Å². The predicted molar refractivity (Wildman–Crippen MR) is 82.4 cm³/mol. The van der Waals surface area contributed by atoms with E-state index in [1.54, 1.807) is 0 Å². The number of hydrogen-bond acceptors (Lipinski definition) is 2. The third kappa shape index (κ3) is 3.99. The van der Waals surface area contributed by atoms with Crippen LogP contribution < -0.4 is 4.90 Å². The van der Waals surface area contributed by atoms with Gasteiger partial charge in [-0.3, -0.25) is 4.79 Å². The number of aryl methyl sites for hydroxylation is 2. The van der Waals surface area contributed by atoms with Gasteiger partial charge in [-0.05, 0) is 48.8 Å². The second kappa shape index (κ2) is 6.78. The van der Waals surface area contributed by atoms with Gasteiger partial charge >= 0.3 is 5.97 Å². The Morgan fingerprint density at radius 1 is 1.40 bits per heavy atom. The lowest BCUT2D eigenvalue weighted by atomic mass is 9.97. The highest BCUT2D eigenvalue weighted by atomic mass is 16.4. The molecule has 3 nitrogen and oxygen atoms in total. The smallest absolute Gasteiger partial charge is 0.303 e. The number of hydrogen-bond donors (Lipinski definition) is 1. The van der Waals surface area contributed by atoms with E-state index < -0.39 is 5.97 Å². The summed E-state index contributed by atoms with van der Waals surface area (Å²) < 4.78 is 0. The second-order valence-corrected chi connectivity index (χ2v) is 6.15. The SMILES string of the molecule is CC(C)CN1CCCc2ccc(CCCC(=O)O)cc21. The third-order valence-electron chi connectivity index (χ3n) is 3.81. The number of carboxylic acid groups (broad SMARTS) is 1. The van der Waals surface area contributed by atoms with Crippen LogP contribution in [0.4, 0.5) is 5.69 Å². The maximum atomic E-state index is 10.6. The van der Waals surface area contributed by atoms with Crippen LogP contribution in [0.2, 0.25) is 0 Å². The van der Waals surface area contributed by atoms with Gasteiger partial charge < -0.3 is 10.0 Å². The summed E-state index contributed by atoms with van der Waals surface area (Å²) in [6, 6.07) is 6.68. The van der Waals surface area contributed by atoms with Gasteiger partial charge in [-0.1, -0.05) is 26.0 Å². The number of benzene rings is 1. The summed E-state index contributed by atoms with van der Waals surface area (Å²) in [6.07, 6.45) is 4.23. The van der Waals surface area contributed by atoms with Crippen LogP contribution in [-0.2, 0) is 17.6 Å². The molecule has 1 heterocycles. The van der Waals surface area contributed by atoms with Crippen LogP contribution in [0, 0.1) is 5.92 Å². The number of anilines is 1. The number of carbonyl (C=O) groups is 1. The molecule has 110 valence electrons. The Hall–Kier alpha value is -1.51. The molecule has 0 saturated carbocycles. The number of nitrogens with zero attached hydrogens (tertiary/aromatic N) is 1. The first-order valence-corrected chi connectivity index (χ1v) is 7.65. The number of rotatable bonds is 6. The predicted octanol–water partition coefficient (Wildman–Crippen LogP) is 3.50. The molecule has 2 rings (SSSR count). The first-order chi connectivity index (χ1) is 9.56. The van der Waals surface area contributed by atoms with Gasteiger partial charge in [0, 0.05) is 25.2 Å². The number of aliphatic carboxylic acids is 1. The first kappa shape index (κ1) is 14.9. The molecule has 0 unspecified atom stereocenters. The third-order valence-corrected chi connectivity index (χ3v) is 3.81. The lowest BCUT2D eigenvalue weighted by Gasteiger charge is -2.33. The van der Waals surface area contributed by atoms with Gasteiger partial charge in [0.1, 0.15) is 0 Å². The van der Waals surface area contributed by atoms with Crippen molar-refractivity contribution in [3.8, 4) is 0 Å². The van der Waals surface area contributed by atoms with Crippen molar-refractivity contribution in [2.45, 2.75) is 46.0 Å². The summed E-state index contributed by atoms with van der Waals surface area (Å²) in [5.41, 5.74) is 4.08. The average Bonchev–Trinajstić information content (AvgIpc) is 2.38. The molecule has 0 aliphatic carbocycles. The van der Waals surface area contributed by atoms with Crippen molar-refractivity contribution in [3.63, 3.8) is 0 Å². The van der Waals surface area contributed by atoms with E-state index >= 15 is 0 Å². The minimum atomic E-state index is -0.704. The topological polar surface area (TPSA) is 40.5 Å². The van der Waals surface area contributed by atoms with Crippen LogP contribution in [0.3, 0.4) is 0 Å². The maximum Gasteiger partial charge on any atom is 0.303 e. The van der Waals surface area contributed by atoms with Crippen molar-refractivity contribution in [2.24, 2.45) is 5.92 Å². The van der Waals surface area contributed by atoms with Crippen molar-refractivity contribution in [2.75, 3.05) is 18.0 Å². The van der Waals surface area contributed by atoms with Crippen LogP contribution in [0.5, 0.6) is 0 Å². The van der Waals surface area contributed by atoms with E-state index in [2.05, 4.69) is 36.9 Å². The van der Waals surface area contributed by atoms with E-state index in [4.69, 9.17) is 5.11 Å². The fourth-order valence-electron chi connectivity index (χ4n) is 2.93. The monoisotopic (exact) mass is 275 g/mol. The molecule has 0 fully saturated rings. The molecule has 20 heavy (non-hydrogen) atoms. The molecule has 0 amide bonds. The molecule has 1 aliphatic rings. The Kier molecular flexibility index (Phi) is 5.05. The molecule has 0 radical (unpaired) electrons. The van der Waals surface area contributed by atoms with Crippen molar-refractivity contribution in [1.29, 1.82) is 0 Å². The Labute approximate surface area is 121 Å². The minimum absolute atomic E-state index is 0.257. The first-order valence-electron chi connectivity index (χ1n) is 7.65. The van der Waals surface area contributed by atoms with Crippen LogP contribution in [-0.4, -0.2) is 24.2 Å². The van der Waals surface area contributed by atoms with Crippen LogP contribution in [0.15, 0.2) is 18.2 Å². The molecular formula is C17H25NO2. The zero-order valence-electron chi connectivity index (χ0n) is 12.6. The fourth-order valence-corrected chi connectivity index (χ4v) is 2.93. The Balaban J connectivity index is 2.08. The molecule has 1 N–H and O–H groups in total. The van der Waals surface area contributed by atoms with Gasteiger partial charge in [0.15, 0.2) is 0 Å². The van der Waals surface area contributed by atoms with Gasteiger partial charge in [0.25, 0.3) is 0 Å².